The largest absolute Gasteiger partial charge is 0.396 e. The van der Waals surface area contributed by atoms with Gasteiger partial charge in [0.1, 0.15) is 0 Å². The van der Waals surface area contributed by atoms with Crippen LogP contribution in [0.4, 0.5) is 0 Å². The van der Waals surface area contributed by atoms with Gasteiger partial charge in [-0.3, -0.25) is 4.79 Å². The molecule has 7 fully saturated rings. The Balaban J connectivity index is 1.48. The Morgan fingerprint density at radius 2 is 1.25 bits per heavy atom. The zero-order valence-corrected chi connectivity index (χ0v) is 36.9. The Hall–Kier alpha value is -0.780. The van der Waals surface area contributed by atoms with Crippen molar-refractivity contribution >= 4 is 15.9 Å². The molecule has 1 amide bonds. The molecule has 7 aliphatic carbocycles. The first-order valence-corrected chi connectivity index (χ1v) is 25.7. The molecule has 6 N–H and O–H groups in total. The molecule has 0 aromatic rings. The Morgan fingerprint density at radius 3 is 1.79 bits per heavy atom. The van der Waals surface area contributed by atoms with E-state index in [9.17, 15) is 33.6 Å². The van der Waals surface area contributed by atoms with Crippen LogP contribution in [0.1, 0.15) is 200 Å². The lowest BCUT2D eigenvalue weighted by Crippen LogP contribution is -2.74. The number of carbonyl (C=O) groups is 1. The molecule has 0 aromatic carbocycles. The molecule has 0 heterocycles. The summed E-state index contributed by atoms with van der Waals surface area (Å²) >= 11 is 0. The summed E-state index contributed by atoms with van der Waals surface area (Å²) in [6, 6.07) is 0.0225. The van der Waals surface area contributed by atoms with Gasteiger partial charge in [0, 0.05) is 31.0 Å². The first-order valence-electron chi connectivity index (χ1n) is 23.9. The number of sulfonamides is 1. The van der Waals surface area contributed by atoms with Gasteiger partial charge in [-0.1, -0.05) is 32.1 Å². The van der Waals surface area contributed by atoms with Gasteiger partial charge in [0.2, 0.25) is 15.9 Å². The molecule has 0 aromatic heterocycles. The van der Waals surface area contributed by atoms with Gasteiger partial charge in [-0.25, -0.2) is 13.1 Å². The molecule has 0 aliphatic heterocycles. The van der Waals surface area contributed by atoms with E-state index in [-0.39, 0.29) is 58.3 Å². The van der Waals surface area contributed by atoms with Crippen LogP contribution in [-0.2, 0) is 14.8 Å². The summed E-state index contributed by atoms with van der Waals surface area (Å²) in [5.74, 6) is 2.42. The third kappa shape index (κ3) is 7.95. The maximum absolute atomic E-state index is 13.7. The van der Waals surface area contributed by atoms with Crippen LogP contribution in [0.5, 0.6) is 0 Å². The minimum atomic E-state index is -3.40. The van der Waals surface area contributed by atoms with Crippen LogP contribution in [0.3, 0.4) is 0 Å². The van der Waals surface area contributed by atoms with Gasteiger partial charge in [-0.15, -0.1) is 0 Å². The minimum Gasteiger partial charge on any atom is -0.396 e. The van der Waals surface area contributed by atoms with Crippen molar-refractivity contribution in [1.29, 1.82) is 0 Å². The molecular formula is C47H81N2O7S. The first kappa shape index (κ1) is 44.3. The van der Waals surface area contributed by atoms with E-state index < -0.39 is 27.1 Å². The van der Waals surface area contributed by atoms with Crippen LogP contribution in [0.2, 0.25) is 0 Å². The third-order valence-electron chi connectivity index (χ3n) is 19.0. The van der Waals surface area contributed by atoms with Gasteiger partial charge in [0.25, 0.3) is 0 Å². The molecule has 327 valence electrons. The van der Waals surface area contributed by atoms with Gasteiger partial charge in [0.15, 0.2) is 0 Å². The van der Waals surface area contributed by atoms with E-state index in [1.807, 2.05) is 6.92 Å². The summed E-state index contributed by atoms with van der Waals surface area (Å²) < 4.78 is 28.7. The summed E-state index contributed by atoms with van der Waals surface area (Å²) in [6.45, 7) is 3.85. The topological polar surface area (TPSA) is 156 Å². The fourth-order valence-corrected chi connectivity index (χ4v) is 17.5. The number of carbonyl (C=O) groups excluding carboxylic acids is 1. The lowest BCUT2D eigenvalue weighted by Gasteiger charge is -2.78. The molecule has 7 saturated carbocycles. The molecule has 9 nitrogen and oxygen atoms in total. The van der Waals surface area contributed by atoms with E-state index >= 15 is 0 Å². The number of hydrogen-bond donors (Lipinski definition) is 6. The predicted molar refractivity (Wildman–Crippen MR) is 225 cm³/mol. The van der Waals surface area contributed by atoms with Crippen molar-refractivity contribution in [1.82, 2.24) is 10.0 Å². The monoisotopic (exact) mass is 818 g/mol. The van der Waals surface area contributed by atoms with Crippen LogP contribution in [-0.4, -0.2) is 77.5 Å². The highest BCUT2D eigenvalue weighted by Crippen LogP contribution is 2.82. The highest BCUT2D eigenvalue weighted by Gasteiger charge is 2.77. The molecule has 1 radical (unpaired) electrons. The lowest BCUT2D eigenvalue weighted by atomic mass is 9.26. The van der Waals surface area contributed by atoms with Gasteiger partial charge < -0.3 is 25.7 Å². The normalized spacial score (nSPS) is 44.3. The summed E-state index contributed by atoms with van der Waals surface area (Å²) in [6.07, 6.45) is 28.1. The van der Waals surface area contributed by atoms with Crippen LogP contribution in [0, 0.1) is 44.8 Å². The smallest absolute Gasteiger partial charge is 0.217 e. The quantitative estimate of drug-likeness (QED) is 0.130. The third-order valence-corrected chi connectivity index (χ3v) is 19.7. The molecular weight excluding hydrogens is 737 g/mol. The van der Waals surface area contributed by atoms with E-state index in [4.69, 9.17) is 0 Å². The number of amides is 1. The SMILES string of the molecule is CC(=O)NC1CCC(C2CCCCC2)(C2(C3(C4(C5([C]6CCC(C)(O)CC6)CCC(CO)CC5)CCC(O)CC4)CCCCC3O)CCC(NS(C)(=O)=O)CC2)CC1. The first-order chi connectivity index (χ1) is 27.1. The average Bonchev–Trinajstić information content (AvgIpc) is 3.19. The fourth-order valence-electron chi connectivity index (χ4n) is 16.7. The standard InChI is InChI=1S/C47H81N2O7S/c1-34(51)48-38-16-27-44(28-17-38,36-9-5-4-6-10-36)45(29-18-39(19-30-45)49-57(3,55)56)47(22-8-7-11-41(47)53)46(31-20-40(52)21-32-46)43(25-12-35(33-50)13-26-43)37-14-23-42(2,54)24-15-37/h35-36,38-41,49-50,52-54H,4-33H2,1-3H3,(H,48,51). The number of nitrogens with one attached hydrogen (secondary N) is 2. The van der Waals surface area contributed by atoms with Crippen molar-refractivity contribution in [2.45, 2.75) is 230 Å². The van der Waals surface area contributed by atoms with E-state index in [2.05, 4.69) is 10.0 Å². The molecule has 7 aliphatic rings. The highest BCUT2D eigenvalue weighted by atomic mass is 32.2. The van der Waals surface area contributed by atoms with E-state index in [1.54, 1.807) is 12.8 Å². The second-order valence-electron chi connectivity index (χ2n) is 21.6. The summed E-state index contributed by atoms with van der Waals surface area (Å²) in [4.78, 5) is 12.5. The van der Waals surface area contributed by atoms with E-state index in [0.717, 1.165) is 154 Å². The lowest BCUT2D eigenvalue weighted by molar-refractivity contribution is -0.306. The molecule has 7 rings (SSSR count). The average molecular weight is 818 g/mol. The van der Waals surface area contributed by atoms with Gasteiger partial charge in [-0.05, 0) is 200 Å². The zero-order valence-electron chi connectivity index (χ0n) is 36.1. The molecule has 0 spiro atoms. The molecule has 0 saturated heterocycles. The molecule has 57 heavy (non-hydrogen) atoms. The number of aliphatic hydroxyl groups is 4. The van der Waals surface area contributed by atoms with Crippen LogP contribution in [0.15, 0.2) is 0 Å². The Labute approximate surface area is 346 Å². The van der Waals surface area contributed by atoms with Crippen molar-refractivity contribution in [3.05, 3.63) is 5.92 Å². The van der Waals surface area contributed by atoms with Crippen molar-refractivity contribution in [2.75, 3.05) is 12.9 Å². The minimum absolute atomic E-state index is 0.0371. The van der Waals surface area contributed by atoms with Crippen molar-refractivity contribution in [2.24, 2.45) is 38.9 Å². The summed E-state index contributed by atoms with van der Waals surface area (Å²) in [5.41, 5.74) is -1.93. The van der Waals surface area contributed by atoms with Gasteiger partial charge >= 0.3 is 0 Å². The van der Waals surface area contributed by atoms with Crippen LogP contribution >= 0.6 is 0 Å². The Kier molecular flexibility index (Phi) is 13.3. The zero-order chi connectivity index (χ0) is 40.7. The highest BCUT2D eigenvalue weighted by molar-refractivity contribution is 7.88. The second-order valence-corrected chi connectivity index (χ2v) is 23.3. The van der Waals surface area contributed by atoms with Crippen molar-refractivity contribution in [3.63, 3.8) is 0 Å². The molecule has 2 atom stereocenters. The van der Waals surface area contributed by atoms with Crippen LogP contribution < -0.4 is 10.0 Å². The molecule has 10 heteroatoms. The summed E-state index contributed by atoms with van der Waals surface area (Å²) in [5, 5.41) is 50.5. The van der Waals surface area contributed by atoms with E-state index in [0.29, 0.717) is 5.92 Å². The summed E-state index contributed by atoms with van der Waals surface area (Å²) in [7, 11) is -3.40. The number of aliphatic hydroxyl groups excluding tert-OH is 3. The molecule has 0 bridgehead atoms. The Bertz CT molecular complexity index is 1450. The van der Waals surface area contributed by atoms with Crippen molar-refractivity contribution in [3.8, 4) is 0 Å². The van der Waals surface area contributed by atoms with Crippen molar-refractivity contribution < 1.29 is 33.6 Å². The second kappa shape index (κ2) is 17.2. The number of rotatable bonds is 10. The van der Waals surface area contributed by atoms with Gasteiger partial charge in [0.05, 0.1) is 24.1 Å². The fraction of sp³-hybridized carbons (Fsp3) is 0.957. The predicted octanol–water partition coefficient (Wildman–Crippen LogP) is 8.02. The maximum Gasteiger partial charge on any atom is 0.217 e. The van der Waals surface area contributed by atoms with Gasteiger partial charge in [-0.2, -0.15) is 0 Å². The Morgan fingerprint density at radius 1 is 0.684 bits per heavy atom. The van der Waals surface area contributed by atoms with E-state index in [1.165, 1.54) is 38.4 Å². The number of hydrogen-bond acceptors (Lipinski definition) is 7. The molecule has 2 unspecified atom stereocenters. The van der Waals surface area contributed by atoms with Crippen LogP contribution in [0.25, 0.3) is 0 Å². The maximum atomic E-state index is 13.7.